The first-order chi connectivity index (χ1) is 5.66. The number of nitrogens with two attached hydrogens (primary N) is 1. The van der Waals surface area contributed by atoms with Crippen molar-refractivity contribution in [3.8, 4) is 0 Å². The van der Waals surface area contributed by atoms with Crippen molar-refractivity contribution in [1.29, 1.82) is 0 Å². The first kappa shape index (κ1) is 9.22. The normalized spacial score (nSPS) is 16.0. The number of aliphatic hydroxyl groups is 1. The monoisotopic (exact) mass is 170 g/mol. The molecule has 0 amide bonds. The molecule has 0 saturated carbocycles. The van der Waals surface area contributed by atoms with Crippen LogP contribution in [-0.4, -0.2) is 16.1 Å². The topological polar surface area (TPSA) is 72.3 Å². The summed E-state index contributed by atoms with van der Waals surface area (Å²) in [7, 11) is 0. The summed E-state index contributed by atoms with van der Waals surface area (Å²) in [6, 6.07) is -0.281. The highest BCUT2D eigenvalue weighted by Crippen LogP contribution is 2.19. The van der Waals surface area contributed by atoms with Crippen molar-refractivity contribution >= 4 is 0 Å². The SMILES string of the molecule is CCC(N)C(O)c1ocnc1C. The molecule has 12 heavy (non-hydrogen) atoms. The van der Waals surface area contributed by atoms with Crippen LogP contribution in [0.1, 0.15) is 30.9 Å². The third-order valence-corrected chi connectivity index (χ3v) is 1.93. The first-order valence-electron chi connectivity index (χ1n) is 4.00. The van der Waals surface area contributed by atoms with Crippen molar-refractivity contribution in [3.63, 3.8) is 0 Å². The van der Waals surface area contributed by atoms with Crippen LogP contribution in [0.5, 0.6) is 0 Å². The Labute approximate surface area is 71.4 Å². The molecule has 0 radical (unpaired) electrons. The Kier molecular flexibility index (Phi) is 2.83. The molecule has 0 fully saturated rings. The Hall–Kier alpha value is -0.870. The van der Waals surface area contributed by atoms with Crippen molar-refractivity contribution in [2.75, 3.05) is 0 Å². The summed E-state index contributed by atoms with van der Waals surface area (Å²) < 4.78 is 5.01. The van der Waals surface area contributed by atoms with Gasteiger partial charge in [0.1, 0.15) is 6.10 Å². The minimum atomic E-state index is -0.738. The van der Waals surface area contributed by atoms with E-state index in [1.807, 2.05) is 6.92 Å². The van der Waals surface area contributed by atoms with Gasteiger partial charge in [-0.15, -0.1) is 0 Å². The average Bonchev–Trinajstić information content (AvgIpc) is 2.48. The van der Waals surface area contributed by atoms with Gasteiger partial charge in [0.15, 0.2) is 12.2 Å². The Morgan fingerprint density at radius 2 is 2.42 bits per heavy atom. The summed E-state index contributed by atoms with van der Waals surface area (Å²) in [5.41, 5.74) is 6.34. The zero-order valence-corrected chi connectivity index (χ0v) is 7.32. The number of aliphatic hydroxyl groups excluding tert-OH is 1. The molecular weight excluding hydrogens is 156 g/mol. The highest BCUT2D eigenvalue weighted by atomic mass is 16.4. The molecule has 4 nitrogen and oxygen atoms in total. The molecule has 0 aliphatic carbocycles. The third-order valence-electron chi connectivity index (χ3n) is 1.93. The van der Waals surface area contributed by atoms with E-state index < -0.39 is 6.10 Å². The van der Waals surface area contributed by atoms with E-state index in [-0.39, 0.29) is 6.04 Å². The number of oxazole rings is 1. The molecule has 1 aromatic rings. The van der Waals surface area contributed by atoms with Gasteiger partial charge in [0, 0.05) is 6.04 Å². The second-order valence-corrected chi connectivity index (χ2v) is 2.82. The third kappa shape index (κ3) is 1.65. The molecule has 0 aromatic carbocycles. The second-order valence-electron chi connectivity index (χ2n) is 2.82. The zero-order valence-electron chi connectivity index (χ0n) is 7.32. The summed E-state index contributed by atoms with van der Waals surface area (Å²) in [4.78, 5) is 3.87. The van der Waals surface area contributed by atoms with Gasteiger partial charge in [-0.25, -0.2) is 4.98 Å². The molecule has 0 saturated heterocycles. The molecule has 1 aromatic heterocycles. The van der Waals surface area contributed by atoms with Gasteiger partial charge in [0.25, 0.3) is 0 Å². The standard InChI is InChI=1S/C8H14N2O2/c1-3-6(9)7(11)8-5(2)10-4-12-8/h4,6-7,11H,3,9H2,1-2H3. The van der Waals surface area contributed by atoms with Crippen LogP contribution in [0.15, 0.2) is 10.8 Å². The van der Waals surface area contributed by atoms with Crippen LogP contribution in [0.25, 0.3) is 0 Å². The van der Waals surface area contributed by atoms with E-state index in [1.54, 1.807) is 6.92 Å². The van der Waals surface area contributed by atoms with Gasteiger partial charge in [-0.05, 0) is 13.3 Å². The van der Waals surface area contributed by atoms with E-state index in [9.17, 15) is 5.11 Å². The molecule has 1 heterocycles. The van der Waals surface area contributed by atoms with Gasteiger partial charge in [-0.1, -0.05) is 6.92 Å². The van der Waals surface area contributed by atoms with Crippen LogP contribution in [0.4, 0.5) is 0 Å². The van der Waals surface area contributed by atoms with Crippen LogP contribution >= 0.6 is 0 Å². The Morgan fingerprint density at radius 3 is 2.83 bits per heavy atom. The number of aromatic nitrogens is 1. The van der Waals surface area contributed by atoms with Crippen LogP contribution in [0.3, 0.4) is 0 Å². The molecule has 2 atom stereocenters. The molecule has 0 aliphatic heterocycles. The lowest BCUT2D eigenvalue weighted by Crippen LogP contribution is -2.27. The van der Waals surface area contributed by atoms with E-state index in [0.29, 0.717) is 17.9 Å². The maximum absolute atomic E-state index is 9.60. The maximum Gasteiger partial charge on any atom is 0.181 e. The molecule has 0 aliphatic rings. The molecule has 4 heteroatoms. The molecule has 3 N–H and O–H groups in total. The maximum atomic E-state index is 9.60. The van der Waals surface area contributed by atoms with Gasteiger partial charge in [-0.2, -0.15) is 0 Å². The van der Waals surface area contributed by atoms with Crippen molar-refractivity contribution in [1.82, 2.24) is 4.98 Å². The van der Waals surface area contributed by atoms with Crippen LogP contribution < -0.4 is 5.73 Å². The van der Waals surface area contributed by atoms with Crippen molar-refractivity contribution in [2.24, 2.45) is 5.73 Å². The average molecular weight is 170 g/mol. The summed E-state index contributed by atoms with van der Waals surface area (Å²) in [5.74, 6) is 0.476. The largest absolute Gasteiger partial charge is 0.445 e. The zero-order chi connectivity index (χ0) is 9.14. The highest BCUT2D eigenvalue weighted by molar-refractivity contribution is 5.09. The van der Waals surface area contributed by atoms with Gasteiger partial charge in [0.05, 0.1) is 5.69 Å². The van der Waals surface area contributed by atoms with Crippen molar-refractivity contribution in [2.45, 2.75) is 32.4 Å². The van der Waals surface area contributed by atoms with Crippen molar-refractivity contribution in [3.05, 3.63) is 17.8 Å². The molecule has 0 spiro atoms. The lowest BCUT2D eigenvalue weighted by Gasteiger charge is -2.14. The number of aryl methyl sites for hydroxylation is 1. The smallest absolute Gasteiger partial charge is 0.181 e. The molecule has 2 unspecified atom stereocenters. The Balaban J connectivity index is 2.77. The van der Waals surface area contributed by atoms with Gasteiger partial charge in [-0.3, -0.25) is 0 Å². The number of hydrogen-bond acceptors (Lipinski definition) is 4. The van der Waals surface area contributed by atoms with Gasteiger partial charge in [0.2, 0.25) is 0 Å². The lowest BCUT2D eigenvalue weighted by atomic mass is 10.1. The van der Waals surface area contributed by atoms with E-state index in [2.05, 4.69) is 4.98 Å². The van der Waals surface area contributed by atoms with E-state index in [0.717, 1.165) is 0 Å². The van der Waals surface area contributed by atoms with Crippen LogP contribution in [0, 0.1) is 6.92 Å². The van der Waals surface area contributed by atoms with Crippen LogP contribution in [0.2, 0.25) is 0 Å². The lowest BCUT2D eigenvalue weighted by molar-refractivity contribution is 0.118. The fourth-order valence-corrected chi connectivity index (χ4v) is 1.01. The second kappa shape index (κ2) is 3.69. The Bertz CT molecular complexity index is 247. The van der Waals surface area contributed by atoms with Gasteiger partial charge < -0.3 is 15.3 Å². The minimum Gasteiger partial charge on any atom is -0.445 e. The van der Waals surface area contributed by atoms with Crippen molar-refractivity contribution < 1.29 is 9.52 Å². The fourth-order valence-electron chi connectivity index (χ4n) is 1.01. The predicted molar refractivity (Wildman–Crippen MR) is 44.5 cm³/mol. The summed E-state index contributed by atoms with van der Waals surface area (Å²) >= 11 is 0. The van der Waals surface area contributed by atoms with E-state index in [4.69, 9.17) is 10.2 Å². The Morgan fingerprint density at radius 1 is 1.75 bits per heavy atom. The molecular formula is C8H14N2O2. The van der Waals surface area contributed by atoms with E-state index in [1.165, 1.54) is 6.39 Å². The first-order valence-corrected chi connectivity index (χ1v) is 4.00. The highest BCUT2D eigenvalue weighted by Gasteiger charge is 2.20. The number of nitrogens with zero attached hydrogens (tertiary/aromatic N) is 1. The van der Waals surface area contributed by atoms with E-state index >= 15 is 0 Å². The summed E-state index contributed by atoms with van der Waals surface area (Å²) in [5, 5.41) is 9.60. The molecule has 0 bridgehead atoms. The van der Waals surface area contributed by atoms with Gasteiger partial charge >= 0.3 is 0 Å². The molecule has 68 valence electrons. The minimum absolute atomic E-state index is 0.281. The fraction of sp³-hybridized carbons (Fsp3) is 0.625. The summed E-state index contributed by atoms with van der Waals surface area (Å²) in [6.45, 7) is 3.70. The number of hydrogen-bond donors (Lipinski definition) is 2. The number of rotatable bonds is 3. The molecule has 1 rings (SSSR count). The predicted octanol–water partition coefficient (Wildman–Crippen LogP) is 0.754. The van der Waals surface area contributed by atoms with Crippen LogP contribution in [-0.2, 0) is 0 Å². The summed E-state index contributed by atoms with van der Waals surface area (Å²) in [6.07, 6.45) is 1.29. The quantitative estimate of drug-likeness (QED) is 0.702.